The lowest BCUT2D eigenvalue weighted by molar-refractivity contribution is -0.144. The molecule has 0 aromatic heterocycles. The van der Waals surface area contributed by atoms with E-state index in [-0.39, 0.29) is 25.6 Å². The van der Waals surface area contributed by atoms with Gasteiger partial charge >= 0.3 is 11.9 Å². The summed E-state index contributed by atoms with van der Waals surface area (Å²) >= 11 is 0. The number of benzene rings is 2. The summed E-state index contributed by atoms with van der Waals surface area (Å²) in [6, 6.07) is 12.5. The molecular weight excluding hydrogens is 420 g/mol. The predicted octanol–water partition coefficient (Wildman–Crippen LogP) is 4.63. The van der Waals surface area contributed by atoms with Crippen LogP contribution in [-0.2, 0) is 14.3 Å². The number of esters is 2. The third-order valence-electron chi connectivity index (χ3n) is 4.68. The van der Waals surface area contributed by atoms with E-state index in [1.165, 1.54) is 0 Å². The molecule has 0 fully saturated rings. The van der Waals surface area contributed by atoms with E-state index < -0.39 is 5.97 Å². The van der Waals surface area contributed by atoms with Crippen molar-refractivity contribution >= 4 is 28.9 Å². The smallest absolute Gasteiger partial charge is 0.340 e. The van der Waals surface area contributed by atoms with Gasteiger partial charge in [0.15, 0.2) is 0 Å². The second-order valence-corrected chi connectivity index (χ2v) is 6.93. The van der Waals surface area contributed by atoms with Crippen LogP contribution in [0.4, 0.5) is 11.4 Å². The Morgan fingerprint density at radius 2 is 1.82 bits per heavy atom. The van der Waals surface area contributed by atoms with Crippen molar-refractivity contribution in [2.75, 3.05) is 38.4 Å². The highest BCUT2D eigenvalue weighted by atomic mass is 16.6. The number of nitrogens with two attached hydrogens (primary N) is 1. The van der Waals surface area contributed by atoms with E-state index in [1.54, 1.807) is 38.4 Å². The topological polar surface area (TPSA) is 99.9 Å². The van der Waals surface area contributed by atoms with Gasteiger partial charge in [0.1, 0.15) is 19.0 Å². The lowest BCUT2D eigenvalue weighted by atomic mass is 10.1. The van der Waals surface area contributed by atoms with Crippen LogP contribution >= 0.6 is 0 Å². The monoisotopic (exact) mass is 450 g/mol. The van der Waals surface area contributed by atoms with Gasteiger partial charge in [-0.05, 0) is 47.9 Å². The fraction of sp³-hybridized carbons (Fsp3) is 0.231. The molecule has 0 aliphatic heterocycles. The fourth-order valence-electron chi connectivity index (χ4n) is 2.92. The Labute approximate surface area is 194 Å². The van der Waals surface area contributed by atoms with E-state index in [4.69, 9.17) is 19.9 Å². The third-order valence-corrected chi connectivity index (χ3v) is 4.68. The van der Waals surface area contributed by atoms with Gasteiger partial charge in [0.2, 0.25) is 0 Å². The number of hydrogen-bond acceptors (Lipinski definition) is 7. The minimum Gasteiger partial charge on any atom is -0.497 e. The largest absolute Gasteiger partial charge is 0.497 e. The molecule has 7 nitrogen and oxygen atoms in total. The molecule has 33 heavy (non-hydrogen) atoms. The van der Waals surface area contributed by atoms with E-state index >= 15 is 0 Å². The van der Waals surface area contributed by atoms with Crippen molar-refractivity contribution in [3.63, 3.8) is 0 Å². The number of rotatable bonds is 12. The summed E-state index contributed by atoms with van der Waals surface area (Å²) in [4.78, 5) is 24.0. The first-order chi connectivity index (χ1) is 16.0. The van der Waals surface area contributed by atoms with E-state index in [0.717, 1.165) is 16.9 Å². The summed E-state index contributed by atoms with van der Waals surface area (Å²) in [5.74, 6) is -0.0823. The molecule has 2 aromatic carbocycles. The molecule has 0 spiro atoms. The van der Waals surface area contributed by atoms with Crippen molar-refractivity contribution in [3.05, 3.63) is 84.5 Å². The minimum atomic E-state index is -0.514. The van der Waals surface area contributed by atoms with E-state index in [9.17, 15) is 9.59 Å². The number of nitrogens with one attached hydrogen (secondary N) is 1. The second-order valence-electron chi connectivity index (χ2n) is 6.93. The number of allylic oxidation sites excluding steroid dienone is 5. The van der Waals surface area contributed by atoms with Gasteiger partial charge in [0, 0.05) is 19.2 Å². The Morgan fingerprint density at radius 3 is 2.48 bits per heavy atom. The maximum Gasteiger partial charge on any atom is 0.340 e. The number of anilines is 2. The van der Waals surface area contributed by atoms with Crippen LogP contribution in [0.5, 0.6) is 5.75 Å². The molecule has 0 saturated carbocycles. The van der Waals surface area contributed by atoms with Gasteiger partial charge in [0.05, 0.1) is 18.4 Å². The van der Waals surface area contributed by atoms with Crippen molar-refractivity contribution in [2.24, 2.45) is 0 Å². The molecule has 0 unspecified atom stereocenters. The first-order valence-electron chi connectivity index (χ1n) is 10.5. The number of carbonyl (C=O) groups excluding carboxylic acids is 2. The van der Waals surface area contributed by atoms with Gasteiger partial charge in [-0.2, -0.15) is 0 Å². The first-order valence-corrected chi connectivity index (χ1v) is 10.5. The van der Waals surface area contributed by atoms with Gasteiger partial charge in [-0.25, -0.2) is 4.79 Å². The van der Waals surface area contributed by atoms with Gasteiger partial charge in [0.25, 0.3) is 0 Å². The van der Waals surface area contributed by atoms with E-state index in [0.29, 0.717) is 23.4 Å². The highest BCUT2D eigenvalue weighted by Gasteiger charge is 2.12. The fourth-order valence-corrected chi connectivity index (χ4v) is 2.92. The molecule has 2 aromatic rings. The van der Waals surface area contributed by atoms with Crippen LogP contribution in [0.1, 0.15) is 28.8 Å². The summed E-state index contributed by atoms with van der Waals surface area (Å²) in [6.45, 7) is 3.81. The molecule has 0 radical (unpaired) electrons. The van der Waals surface area contributed by atoms with E-state index in [1.807, 2.05) is 42.5 Å². The number of ether oxygens (including phenoxy) is 3. The van der Waals surface area contributed by atoms with Crippen LogP contribution in [0.2, 0.25) is 0 Å². The van der Waals surface area contributed by atoms with Crippen molar-refractivity contribution in [2.45, 2.75) is 12.8 Å². The maximum absolute atomic E-state index is 12.2. The number of methoxy groups -OCH3 is 1. The Hall–Kier alpha value is -4.00. The van der Waals surface area contributed by atoms with Gasteiger partial charge in [-0.1, -0.05) is 43.0 Å². The van der Waals surface area contributed by atoms with Crippen molar-refractivity contribution in [1.29, 1.82) is 0 Å². The normalized spacial score (nSPS) is 11.2. The Morgan fingerprint density at radius 1 is 1.09 bits per heavy atom. The summed E-state index contributed by atoms with van der Waals surface area (Å²) in [6.07, 6.45) is 8.21. The van der Waals surface area contributed by atoms with Crippen LogP contribution in [-0.4, -0.2) is 39.3 Å². The quantitative estimate of drug-likeness (QED) is 0.211. The van der Waals surface area contributed by atoms with Crippen LogP contribution in [0, 0.1) is 0 Å². The lowest BCUT2D eigenvalue weighted by Crippen LogP contribution is -2.15. The zero-order valence-electron chi connectivity index (χ0n) is 19.0. The van der Waals surface area contributed by atoms with Crippen molar-refractivity contribution < 1.29 is 23.8 Å². The Bertz CT molecular complexity index is 1010. The highest BCUT2D eigenvalue weighted by Crippen LogP contribution is 2.20. The van der Waals surface area contributed by atoms with Gasteiger partial charge in [-0.3, -0.25) is 4.79 Å². The van der Waals surface area contributed by atoms with Crippen LogP contribution < -0.4 is 15.8 Å². The molecule has 0 bridgehead atoms. The van der Waals surface area contributed by atoms with Crippen LogP contribution in [0.3, 0.4) is 0 Å². The molecule has 2 rings (SSSR count). The molecule has 0 amide bonds. The average molecular weight is 451 g/mol. The lowest BCUT2D eigenvalue weighted by Gasteiger charge is -2.10. The summed E-state index contributed by atoms with van der Waals surface area (Å²) in [5, 5.41) is 2.90. The predicted molar refractivity (Wildman–Crippen MR) is 131 cm³/mol. The van der Waals surface area contributed by atoms with Gasteiger partial charge < -0.3 is 25.3 Å². The van der Waals surface area contributed by atoms with Crippen molar-refractivity contribution in [3.8, 4) is 5.75 Å². The summed E-state index contributed by atoms with van der Waals surface area (Å²) in [7, 11) is 3.32. The zero-order chi connectivity index (χ0) is 24.1. The standard InChI is InChI=1S/C26H30N2O5/c1-4-19(20-10-13-22(31-3)14-11-20)8-6-5-7-9-25(29)32-16-17-33-26(30)23-15-12-21(27)18-24(23)28-2/h4-6,8,10-15,18,28H,1,7,9,16-17,27H2,2-3H3/b6-5+,19-8+. The van der Waals surface area contributed by atoms with Crippen LogP contribution in [0.25, 0.3) is 5.57 Å². The minimum absolute atomic E-state index is 0.00384. The molecular formula is C26H30N2O5. The summed E-state index contributed by atoms with van der Waals surface area (Å²) in [5.41, 5.74) is 9.16. The van der Waals surface area contributed by atoms with Crippen LogP contribution in [0.15, 0.2) is 73.3 Å². The molecule has 0 aliphatic carbocycles. The number of carbonyl (C=O) groups is 2. The molecule has 7 heteroatoms. The molecule has 0 heterocycles. The summed E-state index contributed by atoms with van der Waals surface area (Å²) < 4.78 is 15.4. The average Bonchev–Trinajstić information content (AvgIpc) is 2.84. The Kier molecular flexibility index (Phi) is 10.3. The second kappa shape index (κ2) is 13.4. The first kappa shape index (κ1) is 25.3. The molecule has 0 aliphatic rings. The third kappa shape index (κ3) is 8.22. The SMILES string of the molecule is C=C/C(=C\C=C\CCC(=O)OCCOC(=O)c1ccc(N)cc1NC)c1ccc(OC)cc1. The highest BCUT2D eigenvalue weighted by molar-refractivity contribution is 5.96. The van der Waals surface area contributed by atoms with Crippen molar-refractivity contribution in [1.82, 2.24) is 0 Å². The van der Waals surface area contributed by atoms with E-state index in [2.05, 4.69) is 11.9 Å². The molecule has 3 N–H and O–H groups in total. The Balaban J connectivity index is 1.70. The zero-order valence-corrected chi connectivity index (χ0v) is 19.0. The molecule has 0 atom stereocenters. The maximum atomic E-state index is 12.2. The molecule has 174 valence electrons. The van der Waals surface area contributed by atoms with Gasteiger partial charge in [-0.15, -0.1) is 0 Å². The number of hydrogen-bond donors (Lipinski definition) is 2. The number of nitrogen functional groups attached to an aromatic ring is 1. The molecule has 0 saturated heterocycles.